The van der Waals surface area contributed by atoms with Crippen molar-refractivity contribution in [1.82, 2.24) is 0 Å². The van der Waals surface area contributed by atoms with E-state index < -0.39 is 0 Å². The van der Waals surface area contributed by atoms with Crippen molar-refractivity contribution in [2.45, 2.75) is 6.42 Å². The van der Waals surface area contributed by atoms with E-state index in [0.717, 1.165) is 11.3 Å². The molecule has 29 heavy (non-hydrogen) atoms. The van der Waals surface area contributed by atoms with Crippen molar-refractivity contribution in [2.24, 2.45) is 0 Å². The van der Waals surface area contributed by atoms with Crippen LogP contribution in [0.25, 0.3) is 12.2 Å². The number of carbonyl (C=O) groups excluding carboxylic acids is 2. The number of phenols is 1. The van der Waals surface area contributed by atoms with E-state index in [1.54, 1.807) is 31.4 Å². The van der Waals surface area contributed by atoms with Gasteiger partial charge < -0.3 is 19.5 Å². The van der Waals surface area contributed by atoms with Gasteiger partial charge in [-0.05, 0) is 47.5 Å². The lowest BCUT2D eigenvalue weighted by atomic mass is 10.1. The van der Waals surface area contributed by atoms with Crippen LogP contribution in [-0.4, -0.2) is 45.0 Å². The quantitative estimate of drug-likeness (QED) is 0.515. The van der Waals surface area contributed by atoms with Gasteiger partial charge in [-0.2, -0.15) is 0 Å². The van der Waals surface area contributed by atoms with Crippen molar-refractivity contribution in [1.29, 1.82) is 0 Å². The van der Waals surface area contributed by atoms with Gasteiger partial charge in [0.05, 0.1) is 26.3 Å². The van der Waals surface area contributed by atoms with E-state index in [4.69, 9.17) is 9.47 Å². The van der Waals surface area contributed by atoms with E-state index in [2.05, 4.69) is 0 Å². The van der Waals surface area contributed by atoms with Gasteiger partial charge in [0.1, 0.15) is 5.75 Å². The van der Waals surface area contributed by atoms with Crippen LogP contribution in [0, 0.1) is 0 Å². The average molecular weight is 395 g/mol. The Bertz CT molecular complexity index is 944. The smallest absolute Gasteiger partial charge is 0.163 e. The van der Waals surface area contributed by atoms with Crippen LogP contribution < -0.4 is 14.4 Å². The van der Waals surface area contributed by atoms with Crippen molar-refractivity contribution in [3.63, 3.8) is 0 Å². The summed E-state index contributed by atoms with van der Waals surface area (Å²) in [6.07, 6.45) is 5.67. The van der Waals surface area contributed by atoms with Gasteiger partial charge in [0.2, 0.25) is 0 Å². The second-order valence-corrected chi connectivity index (χ2v) is 6.53. The van der Waals surface area contributed by atoms with Gasteiger partial charge in [0.15, 0.2) is 23.1 Å². The van der Waals surface area contributed by atoms with Crippen LogP contribution in [0.4, 0.5) is 5.69 Å². The summed E-state index contributed by atoms with van der Waals surface area (Å²) < 4.78 is 10.3. The predicted molar refractivity (Wildman–Crippen MR) is 115 cm³/mol. The third kappa shape index (κ3) is 6.24. The zero-order chi connectivity index (χ0) is 21.4. The van der Waals surface area contributed by atoms with Crippen LogP contribution in [0.2, 0.25) is 0 Å². The predicted octanol–water partition coefficient (Wildman–Crippen LogP) is 3.73. The Labute approximate surface area is 170 Å². The molecule has 2 aromatic rings. The van der Waals surface area contributed by atoms with Gasteiger partial charge in [0, 0.05) is 14.1 Å². The molecule has 6 nitrogen and oxygen atoms in total. The average Bonchev–Trinajstić information content (AvgIpc) is 2.70. The zero-order valence-corrected chi connectivity index (χ0v) is 17.0. The van der Waals surface area contributed by atoms with Crippen LogP contribution in [0.1, 0.15) is 17.5 Å². The first-order valence-electron chi connectivity index (χ1n) is 8.98. The molecule has 2 aromatic carbocycles. The Balaban J connectivity index is 1.97. The van der Waals surface area contributed by atoms with E-state index in [1.165, 1.54) is 25.3 Å². The lowest BCUT2D eigenvalue weighted by Crippen LogP contribution is -2.10. The fourth-order valence-corrected chi connectivity index (χ4v) is 2.65. The van der Waals surface area contributed by atoms with Gasteiger partial charge in [-0.3, -0.25) is 9.59 Å². The fraction of sp³-hybridized carbons (Fsp3) is 0.217. The highest BCUT2D eigenvalue weighted by Gasteiger charge is 2.07. The maximum Gasteiger partial charge on any atom is 0.163 e. The summed E-state index contributed by atoms with van der Waals surface area (Å²) in [5.74, 6) is 0.413. The summed E-state index contributed by atoms with van der Waals surface area (Å²) in [4.78, 5) is 26.0. The number of ether oxygens (including phenoxy) is 2. The molecule has 6 heteroatoms. The zero-order valence-electron chi connectivity index (χ0n) is 17.0. The van der Waals surface area contributed by atoms with Crippen LogP contribution in [0.5, 0.6) is 17.2 Å². The van der Waals surface area contributed by atoms with E-state index in [-0.39, 0.29) is 23.7 Å². The molecule has 0 aliphatic heterocycles. The summed E-state index contributed by atoms with van der Waals surface area (Å²) in [5.41, 5.74) is 2.37. The molecule has 0 fully saturated rings. The molecule has 0 saturated carbocycles. The van der Waals surface area contributed by atoms with Crippen molar-refractivity contribution in [3.05, 3.63) is 59.7 Å². The summed E-state index contributed by atoms with van der Waals surface area (Å²) in [6.45, 7) is 0. The van der Waals surface area contributed by atoms with Gasteiger partial charge in [-0.1, -0.05) is 24.3 Å². The van der Waals surface area contributed by atoms with Gasteiger partial charge in [-0.15, -0.1) is 0 Å². The number of nitrogens with zero attached hydrogens (tertiary/aromatic N) is 1. The minimum Gasteiger partial charge on any atom is -0.504 e. The van der Waals surface area contributed by atoms with Gasteiger partial charge in [0.25, 0.3) is 0 Å². The lowest BCUT2D eigenvalue weighted by Gasteiger charge is -2.16. The maximum atomic E-state index is 12.1. The van der Waals surface area contributed by atoms with Crippen molar-refractivity contribution in [2.75, 3.05) is 33.2 Å². The highest BCUT2D eigenvalue weighted by Crippen LogP contribution is 2.28. The van der Waals surface area contributed by atoms with Gasteiger partial charge >= 0.3 is 0 Å². The highest BCUT2D eigenvalue weighted by atomic mass is 16.5. The molecule has 2 rings (SSSR count). The van der Waals surface area contributed by atoms with Crippen LogP contribution >= 0.6 is 0 Å². The van der Waals surface area contributed by atoms with Crippen molar-refractivity contribution >= 4 is 29.4 Å². The minimum absolute atomic E-state index is 0.0168. The number of aromatic hydroxyl groups is 1. The molecule has 0 unspecified atom stereocenters. The Morgan fingerprint density at radius 3 is 1.97 bits per heavy atom. The molecular weight excluding hydrogens is 370 g/mol. The molecule has 0 aromatic heterocycles. The van der Waals surface area contributed by atoms with Crippen molar-refractivity contribution < 1.29 is 24.2 Å². The summed E-state index contributed by atoms with van der Waals surface area (Å²) >= 11 is 0. The standard InChI is InChI=1S/C23H25NO5/c1-24(2)20-11-7-17(14-23(20)29-4)6-10-19(26)15-18(25)9-5-16-8-12-22(28-3)21(27)13-16/h5-14,27H,15H2,1-4H3. The summed E-state index contributed by atoms with van der Waals surface area (Å²) in [6, 6.07) is 10.4. The second-order valence-electron chi connectivity index (χ2n) is 6.53. The molecule has 0 amide bonds. The topological polar surface area (TPSA) is 76.1 Å². The Kier molecular flexibility index (Phi) is 7.60. The van der Waals surface area contributed by atoms with E-state index in [1.807, 2.05) is 37.2 Å². The summed E-state index contributed by atoms with van der Waals surface area (Å²) in [7, 11) is 6.89. The van der Waals surface area contributed by atoms with E-state index in [0.29, 0.717) is 17.1 Å². The van der Waals surface area contributed by atoms with E-state index >= 15 is 0 Å². The van der Waals surface area contributed by atoms with Crippen LogP contribution in [0.15, 0.2) is 48.6 Å². The number of carbonyl (C=O) groups is 2. The second kappa shape index (κ2) is 10.1. The number of anilines is 1. The number of rotatable bonds is 9. The van der Waals surface area contributed by atoms with Gasteiger partial charge in [-0.25, -0.2) is 0 Å². The van der Waals surface area contributed by atoms with Crippen LogP contribution in [-0.2, 0) is 9.59 Å². The van der Waals surface area contributed by atoms with Crippen LogP contribution in [0.3, 0.4) is 0 Å². The number of allylic oxidation sites excluding steroid dienone is 2. The highest BCUT2D eigenvalue weighted by molar-refractivity contribution is 6.10. The molecule has 0 aliphatic rings. The molecule has 0 aliphatic carbocycles. The molecule has 0 heterocycles. The normalized spacial score (nSPS) is 11.0. The molecule has 0 saturated heterocycles. The first-order chi connectivity index (χ1) is 13.8. The molecule has 1 N–H and O–H groups in total. The third-order valence-electron chi connectivity index (χ3n) is 4.16. The molecule has 0 spiro atoms. The Morgan fingerprint density at radius 2 is 1.45 bits per heavy atom. The fourth-order valence-electron chi connectivity index (χ4n) is 2.65. The monoisotopic (exact) mass is 395 g/mol. The molecular formula is C23H25NO5. The first-order valence-corrected chi connectivity index (χ1v) is 8.98. The maximum absolute atomic E-state index is 12.1. The van der Waals surface area contributed by atoms with Crippen molar-refractivity contribution in [3.8, 4) is 17.2 Å². The number of phenolic OH excluding ortho intramolecular Hbond substituents is 1. The number of hydrogen-bond acceptors (Lipinski definition) is 6. The Hall–Kier alpha value is -3.54. The molecule has 152 valence electrons. The molecule has 0 atom stereocenters. The molecule has 0 radical (unpaired) electrons. The summed E-state index contributed by atoms with van der Waals surface area (Å²) in [5, 5.41) is 9.75. The molecule has 0 bridgehead atoms. The largest absolute Gasteiger partial charge is 0.504 e. The number of hydrogen-bond donors (Lipinski definition) is 1. The number of ketones is 2. The first kappa shape index (κ1) is 21.8. The number of benzene rings is 2. The Morgan fingerprint density at radius 1 is 0.897 bits per heavy atom. The number of methoxy groups -OCH3 is 2. The minimum atomic E-state index is -0.324. The van der Waals surface area contributed by atoms with E-state index in [9.17, 15) is 14.7 Å². The SMILES string of the molecule is COc1ccc(C=CC(=O)CC(=O)C=Cc2ccc(N(C)C)c(OC)c2)cc1O. The lowest BCUT2D eigenvalue weighted by molar-refractivity contribution is -0.121. The third-order valence-corrected chi connectivity index (χ3v) is 4.16.